The van der Waals surface area contributed by atoms with Crippen molar-refractivity contribution in [1.82, 2.24) is 24.5 Å². The summed E-state index contributed by atoms with van der Waals surface area (Å²) in [4.78, 5) is 8.91. The Balaban J connectivity index is 1.50. The van der Waals surface area contributed by atoms with Crippen LogP contribution >= 0.6 is 0 Å². The van der Waals surface area contributed by atoms with Crippen LogP contribution in [0.2, 0.25) is 0 Å². The zero-order chi connectivity index (χ0) is 20.4. The number of aromatic amines is 1. The third-order valence-electron chi connectivity index (χ3n) is 4.74. The number of ether oxygens (including phenoxy) is 1. The Hall–Kier alpha value is -2.82. The third-order valence-corrected chi connectivity index (χ3v) is 6.87. The van der Waals surface area contributed by atoms with Crippen molar-refractivity contribution in [2.75, 3.05) is 25.0 Å². The first-order valence-electron chi connectivity index (χ1n) is 9.22. The molecule has 1 aliphatic rings. The molecule has 0 saturated carbocycles. The van der Waals surface area contributed by atoms with Crippen LogP contribution in [0.1, 0.15) is 23.2 Å². The fourth-order valence-electron chi connectivity index (χ4n) is 3.33. The van der Waals surface area contributed by atoms with Gasteiger partial charge in [-0.1, -0.05) is 6.07 Å². The molecule has 0 aromatic carbocycles. The van der Waals surface area contributed by atoms with Crippen LogP contribution in [0.15, 0.2) is 47.6 Å². The van der Waals surface area contributed by atoms with Crippen LogP contribution in [0.3, 0.4) is 0 Å². The van der Waals surface area contributed by atoms with Crippen molar-refractivity contribution in [2.45, 2.75) is 24.8 Å². The maximum atomic E-state index is 13.1. The predicted octanol–water partition coefficient (Wildman–Crippen LogP) is 2.32. The highest BCUT2D eigenvalue weighted by molar-refractivity contribution is 7.89. The molecule has 0 aliphatic carbocycles. The van der Waals surface area contributed by atoms with Gasteiger partial charge in [0.05, 0.1) is 35.6 Å². The third kappa shape index (κ3) is 4.00. The lowest BCUT2D eigenvalue weighted by molar-refractivity contribution is -0.00494. The molecule has 29 heavy (non-hydrogen) atoms. The Morgan fingerprint density at radius 1 is 1.21 bits per heavy atom. The van der Waals surface area contributed by atoms with Gasteiger partial charge in [0.2, 0.25) is 10.0 Å². The summed E-state index contributed by atoms with van der Waals surface area (Å²) >= 11 is 0. The summed E-state index contributed by atoms with van der Waals surface area (Å²) in [6.45, 7) is 4.19. The fraction of sp³-hybridized carbons (Fsp3) is 0.316. The van der Waals surface area contributed by atoms with Crippen molar-refractivity contribution in [1.29, 1.82) is 0 Å². The number of rotatable bonds is 5. The van der Waals surface area contributed by atoms with E-state index in [4.69, 9.17) is 4.74 Å². The molecule has 0 bridgehead atoms. The van der Waals surface area contributed by atoms with Crippen molar-refractivity contribution in [3.05, 3.63) is 59.8 Å². The molecular formula is C19H22N6O3S. The molecule has 1 aliphatic heterocycles. The van der Waals surface area contributed by atoms with E-state index in [1.807, 2.05) is 30.3 Å². The molecular weight excluding hydrogens is 392 g/mol. The van der Waals surface area contributed by atoms with E-state index in [9.17, 15) is 8.42 Å². The van der Waals surface area contributed by atoms with Gasteiger partial charge in [-0.15, -0.1) is 0 Å². The number of nitrogens with zero attached hydrogens (tertiary/aromatic N) is 4. The summed E-state index contributed by atoms with van der Waals surface area (Å²) in [6.07, 6.45) is 2.96. The number of nitrogens with one attached hydrogen (secondary N) is 2. The largest absolute Gasteiger partial charge is 0.369 e. The minimum atomic E-state index is -3.66. The Labute approximate surface area is 169 Å². The zero-order valence-corrected chi connectivity index (χ0v) is 17.0. The summed E-state index contributed by atoms with van der Waals surface area (Å²) in [6, 6.07) is 9.31. The maximum absolute atomic E-state index is 13.1. The molecule has 9 nitrogen and oxygen atoms in total. The number of anilines is 2. The molecule has 0 amide bonds. The topological polar surface area (TPSA) is 113 Å². The number of aryl methyl sites for hydroxylation is 2. The van der Waals surface area contributed by atoms with Gasteiger partial charge in [0.15, 0.2) is 0 Å². The first-order chi connectivity index (χ1) is 13.9. The molecule has 152 valence electrons. The summed E-state index contributed by atoms with van der Waals surface area (Å²) < 4.78 is 33.4. The molecule has 0 radical (unpaired) electrons. The first kappa shape index (κ1) is 19.5. The number of pyridine rings is 2. The van der Waals surface area contributed by atoms with Gasteiger partial charge < -0.3 is 10.1 Å². The SMILES string of the molecule is Cc1n[nH]c(C)c1S(=O)(=O)N1CCO[C@H](c2ccc(Nc3ccccn3)cn2)C1. The molecule has 4 rings (SSSR count). The van der Waals surface area contributed by atoms with Crippen molar-refractivity contribution in [2.24, 2.45) is 0 Å². The van der Waals surface area contributed by atoms with Gasteiger partial charge in [-0.25, -0.2) is 13.4 Å². The lowest BCUT2D eigenvalue weighted by atomic mass is 10.2. The molecule has 0 unspecified atom stereocenters. The molecule has 0 spiro atoms. The van der Waals surface area contributed by atoms with Crippen molar-refractivity contribution < 1.29 is 13.2 Å². The highest BCUT2D eigenvalue weighted by Crippen LogP contribution is 2.28. The second-order valence-electron chi connectivity index (χ2n) is 6.80. The lowest BCUT2D eigenvalue weighted by Gasteiger charge is -2.32. The molecule has 3 aromatic rings. The summed E-state index contributed by atoms with van der Waals surface area (Å²) in [7, 11) is -3.66. The number of H-pyrrole nitrogens is 1. The molecule has 1 saturated heterocycles. The summed E-state index contributed by atoms with van der Waals surface area (Å²) in [5, 5.41) is 9.92. The number of morpholine rings is 1. The van der Waals surface area contributed by atoms with E-state index in [0.29, 0.717) is 30.2 Å². The average molecular weight is 414 g/mol. The van der Waals surface area contributed by atoms with Gasteiger partial charge in [0.25, 0.3) is 0 Å². The number of hydrogen-bond acceptors (Lipinski definition) is 7. The van der Waals surface area contributed by atoms with E-state index in [2.05, 4.69) is 25.5 Å². The van der Waals surface area contributed by atoms with E-state index in [0.717, 1.165) is 11.5 Å². The minimum Gasteiger partial charge on any atom is -0.369 e. The monoisotopic (exact) mass is 414 g/mol. The van der Waals surface area contributed by atoms with Crippen molar-refractivity contribution >= 4 is 21.5 Å². The standard InChI is InChI=1S/C19H22N6O3S/c1-13-19(14(2)24-23-13)29(26,27)25-9-10-28-17(12-25)16-7-6-15(11-21-16)22-18-5-3-4-8-20-18/h3-8,11,17H,9-10,12H2,1-2H3,(H,20,22)(H,23,24)/t17-/m0/s1. The van der Waals surface area contributed by atoms with Crippen LogP contribution in [0.25, 0.3) is 0 Å². The molecule has 10 heteroatoms. The van der Waals surface area contributed by atoms with Crippen LogP contribution in [-0.4, -0.2) is 52.6 Å². The van der Waals surface area contributed by atoms with E-state index in [1.54, 1.807) is 26.2 Å². The number of hydrogen-bond donors (Lipinski definition) is 2. The Kier molecular flexibility index (Phi) is 5.31. The van der Waals surface area contributed by atoms with Crippen molar-refractivity contribution in [3.8, 4) is 0 Å². The van der Waals surface area contributed by atoms with Gasteiger partial charge in [0.1, 0.15) is 16.8 Å². The average Bonchev–Trinajstić information content (AvgIpc) is 3.08. The Morgan fingerprint density at radius 2 is 2.07 bits per heavy atom. The van der Waals surface area contributed by atoms with Crippen LogP contribution in [0.5, 0.6) is 0 Å². The highest BCUT2D eigenvalue weighted by Gasteiger charge is 2.34. The Morgan fingerprint density at radius 3 is 2.72 bits per heavy atom. The van der Waals surface area contributed by atoms with E-state index < -0.39 is 16.1 Å². The number of sulfonamides is 1. The van der Waals surface area contributed by atoms with Crippen LogP contribution in [0, 0.1) is 13.8 Å². The Bertz CT molecular complexity index is 1060. The smallest absolute Gasteiger partial charge is 0.246 e. The summed E-state index contributed by atoms with van der Waals surface area (Å²) in [5.41, 5.74) is 2.47. The van der Waals surface area contributed by atoms with Gasteiger partial charge in [-0.2, -0.15) is 9.40 Å². The second-order valence-corrected chi connectivity index (χ2v) is 8.67. The summed E-state index contributed by atoms with van der Waals surface area (Å²) in [5.74, 6) is 0.721. The predicted molar refractivity (Wildman–Crippen MR) is 107 cm³/mol. The van der Waals surface area contributed by atoms with Gasteiger partial charge >= 0.3 is 0 Å². The molecule has 3 aromatic heterocycles. The van der Waals surface area contributed by atoms with Crippen LogP contribution in [-0.2, 0) is 14.8 Å². The zero-order valence-electron chi connectivity index (χ0n) is 16.2. The van der Waals surface area contributed by atoms with Crippen LogP contribution < -0.4 is 5.32 Å². The van der Waals surface area contributed by atoms with Gasteiger partial charge in [-0.3, -0.25) is 10.1 Å². The molecule has 1 fully saturated rings. The quantitative estimate of drug-likeness (QED) is 0.659. The molecule has 1 atom stereocenters. The van der Waals surface area contributed by atoms with E-state index in [1.165, 1.54) is 4.31 Å². The molecule has 2 N–H and O–H groups in total. The fourth-order valence-corrected chi connectivity index (χ4v) is 5.08. The van der Waals surface area contributed by atoms with E-state index in [-0.39, 0.29) is 11.4 Å². The number of aromatic nitrogens is 4. The van der Waals surface area contributed by atoms with Gasteiger partial charge in [-0.05, 0) is 38.1 Å². The maximum Gasteiger partial charge on any atom is 0.246 e. The molecule has 4 heterocycles. The first-order valence-corrected chi connectivity index (χ1v) is 10.7. The van der Waals surface area contributed by atoms with Crippen molar-refractivity contribution in [3.63, 3.8) is 0 Å². The lowest BCUT2D eigenvalue weighted by Crippen LogP contribution is -2.42. The van der Waals surface area contributed by atoms with Gasteiger partial charge in [0, 0.05) is 19.3 Å². The minimum absolute atomic E-state index is 0.201. The second kappa shape index (κ2) is 7.90. The highest BCUT2D eigenvalue weighted by atomic mass is 32.2. The van der Waals surface area contributed by atoms with E-state index >= 15 is 0 Å². The van der Waals surface area contributed by atoms with Crippen LogP contribution in [0.4, 0.5) is 11.5 Å². The normalized spacial score (nSPS) is 17.9.